The van der Waals surface area contributed by atoms with Gasteiger partial charge in [-0.15, -0.1) is 0 Å². The molecule has 0 spiro atoms. The van der Waals surface area contributed by atoms with Gasteiger partial charge in [0.15, 0.2) is 0 Å². The van der Waals surface area contributed by atoms with Crippen LogP contribution in [0.5, 0.6) is 0 Å². The summed E-state index contributed by atoms with van der Waals surface area (Å²) in [6.45, 7) is 4.94. The van der Waals surface area contributed by atoms with Crippen LogP contribution in [0.3, 0.4) is 0 Å². The highest BCUT2D eigenvalue weighted by Crippen LogP contribution is 2.61. The van der Waals surface area contributed by atoms with Crippen LogP contribution in [0.4, 0.5) is 0 Å². The van der Waals surface area contributed by atoms with Gasteiger partial charge in [-0.05, 0) is 19.4 Å². The van der Waals surface area contributed by atoms with Gasteiger partial charge in [0.25, 0.3) is 0 Å². The van der Waals surface area contributed by atoms with E-state index in [4.69, 9.17) is 14.2 Å². The molecule has 3 fully saturated rings. The van der Waals surface area contributed by atoms with Gasteiger partial charge < -0.3 is 14.2 Å². The zero-order valence-corrected chi connectivity index (χ0v) is 10.8. The molecule has 18 heavy (non-hydrogen) atoms. The SMILES string of the molecule is CC12CC3OC(C1OCc1ccccc1)C3(C)O2. The Morgan fingerprint density at radius 3 is 2.67 bits per heavy atom. The minimum absolute atomic E-state index is 0.0627. The Labute approximate surface area is 107 Å². The maximum atomic E-state index is 6.16. The summed E-state index contributed by atoms with van der Waals surface area (Å²) in [5, 5.41) is 0. The van der Waals surface area contributed by atoms with E-state index in [-0.39, 0.29) is 29.5 Å². The molecule has 96 valence electrons. The monoisotopic (exact) mass is 246 g/mol. The van der Waals surface area contributed by atoms with Crippen molar-refractivity contribution in [2.24, 2.45) is 0 Å². The van der Waals surface area contributed by atoms with Crippen LogP contribution in [0.2, 0.25) is 0 Å². The summed E-state index contributed by atoms with van der Waals surface area (Å²) >= 11 is 0. The van der Waals surface area contributed by atoms with Gasteiger partial charge in [-0.1, -0.05) is 30.3 Å². The molecule has 4 rings (SSSR count). The Kier molecular flexibility index (Phi) is 2.04. The van der Waals surface area contributed by atoms with Gasteiger partial charge in [0.2, 0.25) is 0 Å². The Bertz CT molecular complexity index is 474. The molecule has 5 atom stereocenters. The number of ether oxygens (including phenoxy) is 3. The second-order valence-electron chi connectivity index (χ2n) is 6.07. The highest BCUT2D eigenvalue weighted by molar-refractivity contribution is 5.24. The van der Waals surface area contributed by atoms with Crippen LogP contribution in [0.1, 0.15) is 25.8 Å². The summed E-state index contributed by atoms with van der Waals surface area (Å²) in [7, 11) is 0. The van der Waals surface area contributed by atoms with Crippen molar-refractivity contribution in [3.63, 3.8) is 0 Å². The van der Waals surface area contributed by atoms with Crippen molar-refractivity contribution in [2.45, 2.75) is 56.4 Å². The molecule has 3 nitrogen and oxygen atoms in total. The van der Waals surface area contributed by atoms with Gasteiger partial charge >= 0.3 is 0 Å². The summed E-state index contributed by atoms with van der Waals surface area (Å²) < 4.78 is 18.1. The number of benzene rings is 1. The van der Waals surface area contributed by atoms with E-state index in [2.05, 4.69) is 26.0 Å². The van der Waals surface area contributed by atoms with Crippen molar-refractivity contribution in [3.8, 4) is 0 Å². The molecule has 0 aromatic heterocycles. The molecule has 3 aliphatic rings. The first-order valence-corrected chi connectivity index (χ1v) is 6.63. The molecule has 0 aliphatic carbocycles. The Morgan fingerprint density at radius 1 is 1.28 bits per heavy atom. The minimum atomic E-state index is -0.156. The maximum Gasteiger partial charge on any atom is 0.121 e. The van der Waals surface area contributed by atoms with Crippen LogP contribution in [-0.4, -0.2) is 29.5 Å². The molecule has 5 unspecified atom stereocenters. The zero-order valence-electron chi connectivity index (χ0n) is 10.8. The Hall–Kier alpha value is -0.900. The van der Waals surface area contributed by atoms with Crippen molar-refractivity contribution in [1.82, 2.24) is 0 Å². The average Bonchev–Trinajstić information content (AvgIpc) is 2.66. The minimum Gasteiger partial charge on any atom is -0.368 e. The van der Waals surface area contributed by atoms with Crippen molar-refractivity contribution >= 4 is 0 Å². The highest BCUT2D eigenvalue weighted by atomic mass is 16.7. The smallest absolute Gasteiger partial charge is 0.121 e. The molecule has 3 heterocycles. The summed E-state index contributed by atoms with van der Waals surface area (Å²) in [5.74, 6) is 0. The lowest BCUT2D eigenvalue weighted by molar-refractivity contribution is -0.261. The van der Waals surface area contributed by atoms with E-state index in [9.17, 15) is 0 Å². The predicted molar refractivity (Wildman–Crippen MR) is 66.2 cm³/mol. The second kappa shape index (κ2) is 3.35. The van der Waals surface area contributed by atoms with E-state index in [0.717, 1.165) is 6.42 Å². The zero-order chi connectivity index (χ0) is 12.4. The Balaban J connectivity index is 1.50. The third-order valence-corrected chi connectivity index (χ3v) is 4.71. The topological polar surface area (TPSA) is 27.7 Å². The second-order valence-corrected chi connectivity index (χ2v) is 6.07. The van der Waals surface area contributed by atoms with Crippen molar-refractivity contribution < 1.29 is 14.2 Å². The summed E-state index contributed by atoms with van der Waals surface area (Å²) in [5.41, 5.74) is 0.942. The van der Waals surface area contributed by atoms with Gasteiger partial charge in [0.05, 0.1) is 18.3 Å². The standard InChI is InChI=1S/C15H18O3/c1-14-8-11-15(2,18-14)13(17-11)12(14)16-9-10-6-4-3-5-7-10/h3-7,11-13H,8-9H2,1-2H3. The van der Waals surface area contributed by atoms with E-state index in [1.165, 1.54) is 5.56 Å². The quantitative estimate of drug-likeness (QED) is 0.819. The first-order valence-electron chi connectivity index (χ1n) is 6.63. The van der Waals surface area contributed by atoms with Crippen LogP contribution in [0, 0.1) is 0 Å². The molecule has 3 saturated heterocycles. The van der Waals surface area contributed by atoms with Gasteiger partial charge in [-0.25, -0.2) is 0 Å². The largest absolute Gasteiger partial charge is 0.368 e. The molecular formula is C15H18O3. The molecular weight excluding hydrogens is 228 g/mol. The van der Waals surface area contributed by atoms with E-state index in [1.807, 2.05) is 18.2 Å². The fourth-order valence-electron chi connectivity index (χ4n) is 3.74. The van der Waals surface area contributed by atoms with Crippen molar-refractivity contribution in [2.75, 3.05) is 0 Å². The predicted octanol–water partition coefficient (Wildman–Crippen LogP) is 2.29. The van der Waals surface area contributed by atoms with Crippen LogP contribution in [0.25, 0.3) is 0 Å². The first-order chi connectivity index (χ1) is 8.62. The van der Waals surface area contributed by atoms with E-state index < -0.39 is 0 Å². The average molecular weight is 246 g/mol. The molecule has 2 bridgehead atoms. The van der Waals surface area contributed by atoms with E-state index in [1.54, 1.807) is 0 Å². The van der Waals surface area contributed by atoms with Crippen molar-refractivity contribution in [3.05, 3.63) is 35.9 Å². The van der Waals surface area contributed by atoms with Crippen LogP contribution < -0.4 is 0 Å². The lowest BCUT2D eigenvalue weighted by atomic mass is 9.72. The summed E-state index contributed by atoms with van der Waals surface area (Å²) in [6, 6.07) is 10.3. The number of rotatable bonds is 3. The molecule has 0 amide bonds. The number of fused-ring (bicyclic) bond motifs is 1. The fraction of sp³-hybridized carbons (Fsp3) is 0.600. The van der Waals surface area contributed by atoms with Crippen LogP contribution in [-0.2, 0) is 20.8 Å². The highest BCUT2D eigenvalue weighted by Gasteiger charge is 2.76. The molecule has 0 N–H and O–H groups in total. The van der Waals surface area contributed by atoms with Crippen LogP contribution in [0.15, 0.2) is 30.3 Å². The molecule has 1 aromatic carbocycles. The van der Waals surface area contributed by atoms with Crippen molar-refractivity contribution in [1.29, 1.82) is 0 Å². The van der Waals surface area contributed by atoms with Crippen LogP contribution >= 0.6 is 0 Å². The molecule has 3 heteroatoms. The molecule has 0 saturated carbocycles. The lowest BCUT2D eigenvalue weighted by Crippen LogP contribution is -2.67. The fourth-order valence-corrected chi connectivity index (χ4v) is 3.74. The summed E-state index contributed by atoms with van der Waals surface area (Å²) in [6.07, 6.45) is 1.42. The summed E-state index contributed by atoms with van der Waals surface area (Å²) in [4.78, 5) is 0. The molecule has 3 aliphatic heterocycles. The molecule has 1 aromatic rings. The van der Waals surface area contributed by atoms with Gasteiger partial charge in [-0.2, -0.15) is 0 Å². The lowest BCUT2D eigenvalue weighted by Gasteiger charge is -2.51. The maximum absolute atomic E-state index is 6.16. The molecule has 0 radical (unpaired) electrons. The Morgan fingerprint density at radius 2 is 2.06 bits per heavy atom. The number of hydrogen-bond acceptors (Lipinski definition) is 3. The van der Waals surface area contributed by atoms with E-state index in [0.29, 0.717) is 6.61 Å². The third kappa shape index (κ3) is 1.25. The number of hydrogen-bond donors (Lipinski definition) is 0. The van der Waals surface area contributed by atoms with Gasteiger partial charge in [-0.3, -0.25) is 0 Å². The van der Waals surface area contributed by atoms with Gasteiger partial charge in [0, 0.05) is 6.42 Å². The normalized spacial score (nSPS) is 48.2. The first kappa shape index (κ1) is 11.0. The van der Waals surface area contributed by atoms with E-state index >= 15 is 0 Å². The van der Waals surface area contributed by atoms with Gasteiger partial charge in [0.1, 0.15) is 17.8 Å². The third-order valence-electron chi connectivity index (χ3n) is 4.71.